The monoisotopic (exact) mass is 198 g/mol. The van der Waals surface area contributed by atoms with Gasteiger partial charge >= 0.3 is 0 Å². The van der Waals surface area contributed by atoms with Crippen molar-refractivity contribution in [1.82, 2.24) is 4.98 Å². The molecule has 0 unspecified atom stereocenters. The summed E-state index contributed by atoms with van der Waals surface area (Å²) in [6.45, 7) is 0. The largest absolute Gasteiger partial charge is 0.384 e. The Morgan fingerprint density at radius 3 is 2.50 bits per heavy atom. The van der Waals surface area contributed by atoms with E-state index in [9.17, 15) is 13.2 Å². The molecule has 2 nitrogen and oxygen atoms in total. The quantitative estimate of drug-likeness (QED) is 0.659. The summed E-state index contributed by atoms with van der Waals surface area (Å²) in [5.74, 6) is -3.92. The minimum atomic E-state index is -1.50. The number of nitrogens with two attached hydrogens (primary N) is 1. The molecule has 2 aromatic rings. The smallest absolute Gasteiger partial charge is 0.195 e. The lowest BCUT2D eigenvalue weighted by atomic mass is 10.1. The first-order valence-electron chi connectivity index (χ1n) is 3.78. The molecule has 1 heterocycles. The minimum absolute atomic E-state index is 0.0578. The van der Waals surface area contributed by atoms with Gasteiger partial charge in [0.05, 0.1) is 0 Å². The van der Waals surface area contributed by atoms with Crippen LogP contribution in [0.1, 0.15) is 0 Å². The van der Waals surface area contributed by atoms with E-state index >= 15 is 0 Å². The predicted molar refractivity (Wildman–Crippen MR) is 46.0 cm³/mol. The lowest BCUT2D eigenvalue weighted by molar-refractivity contribution is 0.453. The third-order valence-corrected chi connectivity index (χ3v) is 1.88. The topological polar surface area (TPSA) is 38.9 Å². The standard InChI is InChI=1S/C9H5F3N2/c10-6-1-4-3-14-7(13)2-5(4)8(11)9(6)12/h1-3H,(H2,13,14). The number of benzene rings is 1. The first-order valence-corrected chi connectivity index (χ1v) is 3.78. The second-order valence-electron chi connectivity index (χ2n) is 2.82. The molecule has 0 spiro atoms. The second-order valence-corrected chi connectivity index (χ2v) is 2.82. The van der Waals surface area contributed by atoms with Crippen LogP contribution in [0.2, 0.25) is 0 Å². The van der Waals surface area contributed by atoms with Crippen LogP contribution in [-0.2, 0) is 0 Å². The molecule has 2 rings (SSSR count). The van der Waals surface area contributed by atoms with Crippen molar-refractivity contribution in [2.75, 3.05) is 5.73 Å². The first kappa shape index (κ1) is 8.80. The van der Waals surface area contributed by atoms with E-state index in [2.05, 4.69) is 4.98 Å². The molecule has 0 aliphatic heterocycles. The number of nitrogen functional groups attached to an aromatic ring is 1. The van der Waals surface area contributed by atoms with Crippen LogP contribution in [0.25, 0.3) is 10.8 Å². The summed E-state index contributed by atoms with van der Waals surface area (Å²) in [6, 6.07) is 2.04. The van der Waals surface area contributed by atoms with Crippen molar-refractivity contribution in [3.8, 4) is 0 Å². The number of aromatic nitrogens is 1. The maximum atomic E-state index is 13.1. The highest BCUT2D eigenvalue weighted by molar-refractivity contribution is 5.84. The summed E-state index contributed by atoms with van der Waals surface area (Å²) >= 11 is 0. The number of halogens is 3. The van der Waals surface area contributed by atoms with Gasteiger partial charge in [-0.3, -0.25) is 0 Å². The van der Waals surface area contributed by atoms with Crippen LogP contribution in [0.15, 0.2) is 18.3 Å². The molecule has 14 heavy (non-hydrogen) atoms. The van der Waals surface area contributed by atoms with Gasteiger partial charge in [0.1, 0.15) is 5.82 Å². The van der Waals surface area contributed by atoms with Crippen LogP contribution in [0, 0.1) is 17.5 Å². The fourth-order valence-corrected chi connectivity index (χ4v) is 1.21. The lowest BCUT2D eigenvalue weighted by Crippen LogP contribution is -1.95. The van der Waals surface area contributed by atoms with Gasteiger partial charge in [-0.1, -0.05) is 0 Å². The Balaban J connectivity index is 2.92. The SMILES string of the molecule is Nc1cc2c(F)c(F)c(F)cc2cn1. The Morgan fingerprint density at radius 1 is 1.07 bits per heavy atom. The maximum Gasteiger partial charge on any atom is 0.195 e. The number of hydrogen-bond donors (Lipinski definition) is 1. The van der Waals surface area contributed by atoms with Crippen molar-refractivity contribution in [3.05, 3.63) is 35.8 Å². The van der Waals surface area contributed by atoms with Crippen molar-refractivity contribution in [2.24, 2.45) is 0 Å². The summed E-state index contributed by atoms with van der Waals surface area (Å²) in [5, 5.41) is 0.104. The van der Waals surface area contributed by atoms with Crippen LogP contribution < -0.4 is 5.73 Å². The van der Waals surface area contributed by atoms with Crippen LogP contribution in [-0.4, -0.2) is 4.98 Å². The molecule has 0 radical (unpaired) electrons. The zero-order valence-electron chi connectivity index (χ0n) is 6.89. The van der Waals surface area contributed by atoms with Crippen LogP contribution in [0.5, 0.6) is 0 Å². The molecule has 0 saturated carbocycles. The summed E-state index contributed by atoms with van der Waals surface area (Å²) in [4.78, 5) is 3.64. The summed E-state index contributed by atoms with van der Waals surface area (Å²) in [6.07, 6.45) is 1.19. The highest BCUT2D eigenvalue weighted by Crippen LogP contribution is 2.23. The van der Waals surface area contributed by atoms with Gasteiger partial charge in [-0.2, -0.15) is 0 Å². The third kappa shape index (κ3) is 1.17. The minimum Gasteiger partial charge on any atom is -0.384 e. The van der Waals surface area contributed by atoms with Crippen LogP contribution in [0.3, 0.4) is 0 Å². The van der Waals surface area contributed by atoms with Gasteiger partial charge in [-0.25, -0.2) is 18.2 Å². The van der Waals surface area contributed by atoms with Gasteiger partial charge in [-0.15, -0.1) is 0 Å². The number of nitrogens with zero attached hydrogens (tertiary/aromatic N) is 1. The van der Waals surface area contributed by atoms with Gasteiger partial charge < -0.3 is 5.73 Å². The van der Waals surface area contributed by atoms with Crippen molar-refractivity contribution >= 4 is 16.6 Å². The molecule has 72 valence electrons. The van der Waals surface area contributed by atoms with Crippen molar-refractivity contribution in [2.45, 2.75) is 0 Å². The van der Waals surface area contributed by atoms with E-state index in [1.807, 2.05) is 0 Å². The van der Waals surface area contributed by atoms with Gasteiger partial charge in [0.15, 0.2) is 17.5 Å². The van der Waals surface area contributed by atoms with E-state index in [0.29, 0.717) is 0 Å². The number of pyridine rings is 1. The number of rotatable bonds is 0. The highest BCUT2D eigenvalue weighted by Gasteiger charge is 2.13. The Bertz CT molecular complexity index is 511. The van der Waals surface area contributed by atoms with Gasteiger partial charge in [-0.05, 0) is 12.1 Å². The first-order chi connectivity index (χ1) is 6.59. The Morgan fingerprint density at radius 2 is 1.79 bits per heavy atom. The van der Waals surface area contributed by atoms with E-state index in [0.717, 1.165) is 12.1 Å². The molecule has 0 atom stereocenters. The van der Waals surface area contributed by atoms with E-state index in [1.165, 1.54) is 6.20 Å². The Hall–Kier alpha value is -1.78. The zero-order chi connectivity index (χ0) is 10.3. The number of anilines is 1. The molecule has 0 fully saturated rings. The number of fused-ring (bicyclic) bond motifs is 1. The molecule has 1 aromatic heterocycles. The predicted octanol–water partition coefficient (Wildman–Crippen LogP) is 2.23. The zero-order valence-corrected chi connectivity index (χ0v) is 6.89. The Kier molecular flexibility index (Phi) is 1.80. The van der Waals surface area contributed by atoms with Crippen molar-refractivity contribution in [3.63, 3.8) is 0 Å². The molecule has 5 heteroatoms. The average Bonchev–Trinajstić information content (AvgIpc) is 2.16. The van der Waals surface area contributed by atoms with E-state index in [-0.39, 0.29) is 16.6 Å². The van der Waals surface area contributed by atoms with E-state index < -0.39 is 17.5 Å². The molecule has 0 amide bonds. The summed E-state index contributed by atoms with van der Waals surface area (Å²) in [7, 11) is 0. The summed E-state index contributed by atoms with van der Waals surface area (Å²) in [5.41, 5.74) is 5.29. The fraction of sp³-hybridized carbons (Fsp3) is 0. The molecule has 0 aliphatic carbocycles. The normalized spacial score (nSPS) is 10.8. The van der Waals surface area contributed by atoms with E-state index in [1.54, 1.807) is 0 Å². The molecular formula is C9H5F3N2. The van der Waals surface area contributed by atoms with Crippen molar-refractivity contribution in [1.29, 1.82) is 0 Å². The second kappa shape index (κ2) is 2.87. The van der Waals surface area contributed by atoms with Crippen molar-refractivity contribution < 1.29 is 13.2 Å². The number of hydrogen-bond acceptors (Lipinski definition) is 2. The molecule has 0 saturated heterocycles. The van der Waals surface area contributed by atoms with Gasteiger partial charge in [0, 0.05) is 17.0 Å². The molecule has 0 aliphatic rings. The molecule has 2 N–H and O–H groups in total. The third-order valence-electron chi connectivity index (χ3n) is 1.88. The maximum absolute atomic E-state index is 13.1. The van der Waals surface area contributed by atoms with Gasteiger partial charge in [0.2, 0.25) is 0 Å². The van der Waals surface area contributed by atoms with Crippen LogP contribution in [0.4, 0.5) is 19.0 Å². The molecule has 1 aromatic carbocycles. The fourth-order valence-electron chi connectivity index (χ4n) is 1.21. The average molecular weight is 198 g/mol. The Labute approximate surface area is 77.2 Å². The highest BCUT2D eigenvalue weighted by atomic mass is 19.2. The lowest BCUT2D eigenvalue weighted by Gasteiger charge is -2.02. The summed E-state index contributed by atoms with van der Waals surface area (Å²) < 4.78 is 38.7. The van der Waals surface area contributed by atoms with Crippen LogP contribution >= 0.6 is 0 Å². The molecule has 0 bridgehead atoms. The van der Waals surface area contributed by atoms with Gasteiger partial charge in [0.25, 0.3) is 0 Å². The molecular weight excluding hydrogens is 193 g/mol. The van der Waals surface area contributed by atoms with E-state index in [4.69, 9.17) is 5.73 Å².